The fourth-order valence-corrected chi connectivity index (χ4v) is 2.32. The van der Waals surface area contributed by atoms with Crippen molar-refractivity contribution >= 4 is 0 Å². The minimum atomic E-state index is -0.422. The highest BCUT2D eigenvalue weighted by molar-refractivity contribution is 5.61. The van der Waals surface area contributed by atoms with Crippen molar-refractivity contribution in [3.8, 4) is 11.1 Å². The van der Waals surface area contributed by atoms with Crippen molar-refractivity contribution in [3.05, 3.63) is 78.4 Å². The molecule has 0 radical (unpaired) electrons. The fraction of sp³-hybridized carbons (Fsp3) is 0.118. The molecule has 1 atom stereocenters. The number of hydrogen-bond acceptors (Lipinski definition) is 2. The summed E-state index contributed by atoms with van der Waals surface area (Å²) >= 11 is 0. The zero-order valence-electron chi connectivity index (χ0n) is 11.5. The summed E-state index contributed by atoms with van der Waals surface area (Å²) in [5, 5.41) is 4.30. The number of rotatable bonds is 4. The first-order valence-electron chi connectivity index (χ1n) is 6.82. The molecule has 2 N–H and O–H groups in total. The SMILES string of the molecule is NC(Cn1cc(-c2ccccc2)cn1)c1ccccc1F. The Morgan fingerprint density at radius 2 is 1.71 bits per heavy atom. The Kier molecular flexibility index (Phi) is 3.79. The van der Waals surface area contributed by atoms with Gasteiger partial charge in [0.1, 0.15) is 5.82 Å². The largest absolute Gasteiger partial charge is 0.322 e. The molecular formula is C17H16FN3. The van der Waals surface area contributed by atoms with Gasteiger partial charge in [-0.25, -0.2) is 4.39 Å². The number of aromatic nitrogens is 2. The third-order valence-electron chi connectivity index (χ3n) is 3.43. The Labute approximate surface area is 122 Å². The normalized spacial score (nSPS) is 12.3. The molecule has 0 aliphatic heterocycles. The maximum absolute atomic E-state index is 13.7. The van der Waals surface area contributed by atoms with Crippen molar-refractivity contribution < 1.29 is 4.39 Å². The van der Waals surface area contributed by atoms with Crippen LogP contribution in [0.5, 0.6) is 0 Å². The lowest BCUT2D eigenvalue weighted by atomic mass is 10.1. The molecule has 0 spiro atoms. The summed E-state index contributed by atoms with van der Waals surface area (Å²) in [6, 6.07) is 16.2. The van der Waals surface area contributed by atoms with Crippen LogP contribution in [-0.2, 0) is 6.54 Å². The van der Waals surface area contributed by atoms with Gasteiger partial charge in [-0.1, -0.05) is 48.5 Å². The number of benzene rings is 2. The minimum Gasteiger partial charge on any atom is -0.322 e. The summed E-state index contributed by atoms with van der Waals surface area (Å²) in [5.74, 6) is -0.277. The molecule has 3 rings (SSSR count). The second-order valence-corrected chi connectivity index (χ2v) is 4.95. The summed E-state index contributed by atoms with van der Waals surface area (Å²) in [5.41, 5.74) is 8.71. The van der Waals surface area contributed by atoms with E-state index in [1.165, 1.54) is 6.07 Å². The molecule has 3 aromatic rings. The lowest BCUT2D eigenvalue weighted by Crippen LogP contribution is -2.19. The quantitative estimate of drug-likeness (QED) is 0.796. The molecule has 0 bridgehead atoms. The summed E-state index contributed by atoms with van der Waals surface area (Å²) in [7, 11) is 0. The van der Waals surface area contributed by atoms with Crippen molar-refractivity contribution in [2.75, 3.05) is 0 Å². The van der Waals surface area contributed by atoms with Gasteiger partial charge in [-0.15, -0.1) is 0 Å². The fourth-order valence-electron chi connectivity index (χ4n) is 2.32. The molecule has 1 unspecified atom stereocenters. The number of hydrogen-bond donors (Lipinski definition) is 1. The van der Waals surface area contributed by atoms with Crippen LogP contribution in [0.15, 0.2) is 67.0 Å². The molecule has 0 saturated heterocycles. The Bertz CT molecular complexity index is 722. The molecule has 4 heteroatoms. The van der Waals surface area contributed by atoms with E-state index in [-0.39, 0.29) is 5.82 Å². The Morgan fingerprint density at radius 1 is 1.00 bits per heavy atom. The lowest BCUT2D eigenvalue weighted by Gasteiger charge is -2.12. The molecule has 3 nitrogen and oxygen atoms in total. The van der Waals surface area contributed by atoms with E-state index in [0.29, 0.717) is 12.1 Å². The smallest absolute Gasteiger partial charge is 0.128 e. The number of nitrogens with zero attached hydrogens (tertiary/aromatic N) is 2. The molecule has 0 fully saturated rings. The first-order chi connectivity index (χ1) is 10.2. The molecule has 2 aromatic carbocycles. The molecule has 1 heterocycles. The van der Waals surface area contributed by atoms with Gasteiger partial charge >= 0.3 is 0 Å². The van der Waals surface area contributed by atoms with Gasteiger partial charge in [0.25, 0.3) is 0 Å². The molecule has 0 aliphatic rings. The van der Waals surface area contributed by atoms with E-state index in [1.54, 1.807) is 29.1 Å². The van der Waals surface area contributed by atoms with Gasteiger partial charge in [-0.05, 0) is 11.6 Å². The van der Waals surface area contributed by atoms with Crippen LogP contribution in [0.4, 0.5) is 4.39 Å². The van der Waals surface area contributed by atoms with Crippen molar-refractivity contribution in [3.63, 3.8) is 0 Å². The highest BCUT2D eigenvalue weighted by Gasteiger charge is 2.12. The zero-order valence-corrected chi connectivity index (χ0v) is 11.5. The van der Waals surface area contributed by atoms with Crippen molar-refractivity contribution in [2.24, 2.45) is 5.73 Å². The number of halogens is 1. The molecule has 21 heavy (non-hydrogen) atoms. The summed E-state index contributed by atoms with van der Waals surface area (Å²) in [6.45, 7) is 0.438. The maximum atomic E-state index is 13.7. The third-order valence-corrected chi connectivity index (χ3v) is 3.43. The number of nitrogens with two attached hydrogens (primary N) is 1. The molecule has 0 amide bonds. The van der Waals surface area contributed by atoms with Crippen LogP contribution < -0.4 is 5.73 Å². The molecule has 1 aromatic heterocycles. The first kappa shape index (κ1) is 13.5. The molecule has 0 aliphatic carbocycles. The van der Waals surface area contributed by atoms with Crippen LogP contribution in [-0.4, -0.2) is 9.78 Å². The van der Waals surface area contributed by atoms with E-state index >= 15 is 0 Å². The van der Waals surface area contributed by atoms with Gasteiger partial charge in [0.2, 0.25) is 0 Å². The summed E-state index contributed by atoms with van der Waals surface area (Å²) in [6.07, 6.45) is 3.72. The zero-order chi connectivity index (χ0) is 14.7. The second-order valence-electron chi connectivity index (χ2n) is 4.95. The minimum absolute atomic E-state index is 0.277. The van der Waals surface area contributed by atoms with E-state index in [4.69, 9.17) is 5.73 Å². The predicted octanol–water partition coefficient (Wildman–Crippen LogP) is 3.39. The van der Waals surface area contributed by atoms with E-state index < -0.39 is 6.04 Å². The lowest BCUT2D eigenvalue weighted by molar-refractivity contribution is 0.501. The van der Waals surface area contributed by atoms with Crippen LogP contribution in [0.2, 0.25) is 0 Å². The Morgan fingerprint density at radius 3 is 2.48 bits per heavy atom. The average Bonchev–Trinajstić information content (AvgIpc) is 2.97. The first-order valence-corrected chi connectivity index (χ1v) is 6.82. The molecule has 106 valence electrons. The second kappa shape index (κ2) is 5.89. The van der Waals surface area contributed by atoms with Crippen LogP contribution >= 0.6 is 0 Å². The third kappa shape index (κ3) is 3.01. The van der Waals surface area contributed by atoms with Gasteiger partial charge < -0.3 is 5.73 Å². The van der Waals surface area contributed by atoms with E-state index in [1.807, 2.05) is 36.5 Å². The predicted molar refractivity (Wildman–Crippen MR) is 81.0 cm³/mol. The van der Waals surface area contributed by atoms with Gasteiger partial charge in [-0.2, -0.15) is 5.10 Å². The summed E-state index contributed by atoms with van der Waals surface area (Å²) in [4.78, 5) is 0. The van der Waals surface area contributed by atoms with E-state index in [0.717, 1.165) is 11.1 Å². The van der Waals surface area contributed by atoms with Crippen LogP contribution in [0, 0.1) is 5.82 Å². The highest BCUT2D eigenvalue weighted by Crippen LogP contribution is 2.20. The van der Waals surface area contributed by atoms with Crippen LogP contribution in [0.1, 0.15) is 11.6 Å². The topological polar surface area (TPSA) is 43.8 Å². The Balaban J connectivity index is 1.77. The van der Waals surface area contributed by atoms with Gasteiger partial charge in [-0.3, -0.25) is 4.68 Å². The van der Waals surface area contributed by atoms with Gasteiger partial charge in [0.15, 0.2) is 0 Å². The Hall–Kier alpha value is -2.46. The standard InChI is InChI=1S/C17H16FN3/c18-16-9-5-4-8-15(16)17(19)12-21-11-14(10-20-21)13-6-2-1-3-7-13/h1-11,17H,12,19H2. The molecular weight excluding hydrogens is 265 g/mol. The van der Waals surface area contributed by atoms with Gasteiger partial charge in [0, 0.05) is 17.3 Å². The van der Waals surface area contributed by atoms with Crippen molar-refractivity contribution in [1.29, 1.82) is 0 Å². The summed E-state index contributed by atoms with van der Waals surface area (Å²) < 4.78 is 15.5. The van der Waals surface area contributed by atoms with E-state index in [2.05, 4.69) is 5.10 Å². The van der Waals surface area contributed by atoms with E-state index in [9.17, 15) is 4.39 Å². The van der Waals surface area contributed by atoms with Crippen LogP contribution in [0.3, 0.4) is 0 Å². The average molecular weight is 281 g/mol. The maximum Gasteiger partial charge on any atom is 0.128 e. The monoisotopic (exact) mass is 281 g/mol. The van der Waals surface area contributed by atoms with Crippen LogP contribution in [0.25, 0.3) is 11.1 Å². The molecule has 0 saturated carbocycles. The van der Waals surface area contributed by atoms with Crippen molar-refractivity contribution in [2.45, 2.75) is 12.6 Å². The van der Waals surface area contributed by atoms with Crippen molar-refractivity contribution in [1.82, 2.24) is 9.78 Å². The highest BCUT2D eigenvalue weighted by atomic mass is 19.1. The van der Waals surface area contributed by atoms with Gasteiger partial charge in [0.05, 0.1) is 18.8 Å².